The number of carbonyl (C=O) groups excluding carboxylic acids is 2. The van der Waals surface area contributed by atoms with Gasteiger partial charge in [0, 0.05) is 11.8 Å². The normalized spacial score (nSPS) is 19.2. The minimum absolute atomic E-state index is 0.0577. The lowest BCUT2D eigenvalue weighted by atomic mass is 9.85. The summed E-state index contributed by atoms with van der Waals surface area (Å²) in [6.45, 7) is 0. The van der Waals surface area contributed by atoms with Crippen LogP contribution in [0.5, 0.6) is 0 Å². The van der Waals surface area contributed by atoms with E-state index in [0.717, 1.165) is 36.8 Å². The fraction of sp³-hybridized carbons (Fsp3) is 0.263. The standard InChI is InChI=1S/C19H17NO3/c21-12-15-17(22)16-14(13-6-2-1-3-7-13)8-11-20(16)19(18(15)23)9-4-5-10-19/h1-3,6-8,11-12,23H,4-5,9-10H2. The zero-order valence-electron chi connectivity index (χ0n) is 12.7. The Morgan fingerprint density at radius 3 is 2.43 bits per heavy atom. The molecule has 0 radical (unpaired) electrons. The highest BCUT2D eigenvalue weighted by Gasteiger charge is 2.48. The number of ketones is 1. The van der Waals surface area contributed by atoms with Crippen molar-refractivity contribution >= 4 is 12.1 Å². The third-order valence-electron chi connectivity index (χ3n) is 5.14. The second kappa shape index (κ2) is 4.95. The lowest BCUT2D eigenvalue weighted by Gasteiger charge is -2.36. The summed E-state index contributed by atoms with van der Waals surface area (Å²) in [6.07, 6.45) is 5.83. The van der Waals surface area contributed by atoms with Gasteiger partial charge in [0.05, 0.1) is 5.69 Å². The first-order valence-corrected chi connectivity index (χ1v) is 7.90. The summed E-state index contributed by atoms with van der Waals surface area (Å²) >= 11 is 0. The minimum atomic E-state index is -0.632. The molecule has 116 valence electrons. The Hall–Kier alpha value is -2.62. The molecule has 2 aromatic rings. The maximum Gasteiger partial charge on any atom is 0.216 e. The summed E-state index contributed by atoms with van der Waals surface area (Å²) < 4.78 is 1.90. The number of allylic oxidation sites excluding steroid dienone is 2. The van der Waals surface area contributed by atoms with E-state index in [2.05, 4.69) is 0 Å². The largest absolute Gasteiger partial charge is 0.509 e. The van der Waals surface area contributed by atoms with Crippen molar-refractivity contribution in [1.29, 1.82) is 0 Å². The van der Waals surface area contributed by atoms with Crippen LogP contribution in [0.15, 0.2) is 53.9 Å². The van der Waals surface area contributed by atoms with Crippen LogP contribution >= 0.6 is 0 Å². The minimum Gasteiger partial charge on any atom is -0.509 e. The first-order valence-electron chi connectivity index (χ1n) is 7.90. The summed E-state index contributed by atoms with van der Waals surface area (Å²) in [5.74, 6) is -0.448. The van der Waals surface area contributed by atoms with Crippen LogP contribution in [0.4, 0.5) is 0 Å². The van der Waals surface area contributed by atoms with E-state index in [-0.39, 0.29) is 17.1 Å². The fourth-order valence-corrected chi connectivity index (χ4v) is 4.02. The van der Waals surface area contributed by atoms with Gasteiger partial charge in [-0.25, -0.2) is 0 Å². The number of hydrogen-bond donors (Lipinski definition) is 1. The molecule has 4 heteroatoms. The van der Waals surface area contributed by atoms with E-state index in [9.17, 15) is 14.7 Å². The van der Waals surface area contributed by atoms with Gasteiger partial charge in [0.2, 0.25) is 5.78 Å². The summed E-state index contributed by atoms with van der Waals surface area (Å²) in [5, 5.41) is 10.6. The van der Waals surface area contributed by atoms with Crippen molar-refractivity contribution < 1.29 is 14.7 Å². The average molecular weight is 307 g/mol. The van der Waals surface area contributed by atoms with Crippen molar-refractivity contribution in [2.24, 2.45) is 0 Å². The number of aliphatic hydroxyl groups is 1. The molecule has 0 amide bonds. The van der Waals surface area contributed by atoms with E-state index < -0.39 is 5.54 Å². The maximum atomic E-state index is 12.8. The number of nitrogens with zero attached hydrogens (tertiary/aromatic N) is 1. The Morgan fingerprint density at radius 2 is 1.78 bits per heavy atom. The molecule has 2 heterocycles. The highest BCUT2D eigenvalue weighted by Crippen LogP contribution is 2.48. The highest BCUT2D eigenvalue weighted by molar-refractivity contribution is 6.23. The van der Waals surface area contributed by atoms with Crippen LogP contribution in [0.3, 0.4) is 0 Å². The molecule has 4 nitrogen and oxygen atoms in total. The van der Waals surface area contributed by atoms with Crippen molar-refractivity contribution in [1.82, 2.24) is 4.57 Å². The van der Waals surface area contributed by atoms with Gasteiger partial charge >= 0.3 is 0 Å². The van der Waals surface area contributed by atoms with Gasteiger partial charge in [0.25, 0.3) is 0 Å². The molecule has 0 atom stereocenters. The summed E-state index contributed by atoms with van der Waals surface area (Å²) in [7, 11) is 0. The molecule has 23 heavy (non-hydrogen) atoms. The number of rotatable bonds is 2. The van der Waals surface area contributed by atoms with E-state index in [1.165, 1.54) is 0 Å². The molecule has 1 spiro atoms. The molecule has 0 bridgehead atoms. The van der Waals surface area contributed by atoms with Crippen LogP contribution in [0.1, 0.15) is 36.2 Å². The van der Waals surface area contributed by atoms with Gasteiger partial charge in [-0.2, -0.15) is 0 Å². The first-order chi connectivity index (χ1) is 11.2. The second-order valence-corrected chi connectivity index (χ2v) is 6.26. The van der Waals surface area contributed by atoms with E-state index in [0.29, 0.717) is 12.0 Å². The lowest BCUT2D eigenvalue weighted by molar-refractivity contribution is -0.104. The Morgan fingerprint density at radius 1 is 1.09 bits per heavy atom. The Kier molecular flexibility index (Phi) is 3.01. The molecule has 2 aliphatic rings. The van der Waals surface area contributed by atoms with Crippen molar-refractivity contribution in [3.63, 3.8) is 0 Å². The van der Waals surface area contributed by atoms with Gasteiger partial charge in [0.1, 0.15) is 16.9 Å². The van der Waals surface area contributed by atoms with Crippen LogP contribution in [0.25, 0.3) is 11.1 Å². The number of aromatic nitrogens is 1. The van der Waals surface area contributed by atoms with Gasteiger partial charge in [-0.3, -0.25) is 9.59 Å². The fourth-order valence-electron chi connectivity index (χ4n) is 4.02. The molecular formula is C19H17NO3. The van der Waals surface area contributed by atoms with Gasteiger partial charge in [-0.05, 0) is 24.5 Å². The summed E-state index contributed by atoms with van der Waals surface area (Å²) in [6, 6.07) is 11.6. The number of benzene rings is 1. The number of fused-ring (bicyclic) bond motifs is 2. The number of aldehydes is 1. The molecule has 1 saturated carbocycles. The number of Topliss-reactive ketones (excluding diaryl/α,β-unsaturated/α-hetero) is 1. The molecule has 1 N–H and O–H groups in total. The Labute approximate surface area is 134 Å². The van der Waals surface area contributed by atoms with E-state index >= 15 is 0 Å². The molecule has 0 saturated heterocycles. The zero-order chi connectivity index (χ0) is 16.0. The van der Waals surface area contributed by atoms with Crippen molar-refractivity contribution in [2.45, 2.75) is 31.2 Å². The van der Waals surface area contributed by atoms with Crippen molar-refractivity contribution in [3.8, 4) is 11.1 Å². The van der Waals surface area contributed by atoms with Crippen LogP contribution < -0.4 is 0 Å². The molecule has 1 aliphatic heterocycles. The maximum absolute atomic E-state index is 12.8. The topological polar surface area (TPSA) is 59.3 Å². The quantitative estimate of drug-likeness (QED) is 0.681. The molecule has 1 aromatic heterocycles. The van der Waals surface area contributed by atoms with Crippen LogP contribution in [0, 0.1) is 0 Å². The summed E-state index contributed by atoms with van der Waals surface area (Å²) in [4.78, 5) is 24.2. The van der Waals surface area contributed by atoms with Crippen LogP contribution in [-0.4, -0.2) is 21.7 Å². The van der Waals surface area contributed by atoms with E-state index in [1.807, 2.05) is 47.2 Å². The van der Waals surface area contributed by atoms with Crippen LogP contribution in [0.2, 0.25) is 0 Å². The predicted octanol–water partition coefficient (Wildman–Crippen LogP) is 3.63. The van der Waals surface area contributed by atoms with Gasteiger partial charge in [-0.15, -0.1) is 0 Å². The van der Waals surface area contributed by atoms with E-state index in [1.54, 1.807) is 0 Å². The monoisotopic (exact) mass is 307 g/mol. The zero-order valence-corrected chi connectivity index (χ0v) is 12.7. The van der Waals surface area contributed by atoms with Gasteiger partial charge in [-0.1, -0.05) is 43.2 Å². The van der Waals surface area contributed by atoms with Crippen molar-refractivity contribution in [3.05, 3.63) is 59.6 Å². The van der Waals surface area contributed by atoms with E-state index in [4.69, 9.17) is 0 Å². The molecule has 0 unspecified atom stereocenters. The van der Waals surface area contributed by atoms with Crippen molar-refractivity contribution in [2.75, 3.05) is 0 Å². The highest BCUT2D eigenvalue weighted by atomic mass is 16.3. The van der Waals surface area contributed by atoms with Gasteiger partial charge in [0.15, 0.2) is 6.29 Å². The molecule has 4 rings (SSSR count). The Balaban J connectivity index is 1.99. The molecule has 1 aliphatic carbocycles. The predicted molar refractivity (Wildman–Crippen MR) is 86.4 cm³/mol. The van der Waals surface area contributed by atoms with Crippen LogP contribution in [-0.2, 0) is 10.3 Å². The smallest absolute Gasteiger partial charge is 0.216 e. The number of hydrogen-bond acceptors (Lipinski definition) is 3. The SMILES string of the molecule is O=CC1=C(O)C2(CCCC2)n2ccc(-c3ccccc3)c2C1=O. The molecule has 1 fully saturated rings. The first kappa shape index (κ1) is 14.0. The third-order valence-corrected chi connectivity index (χ3v) is 5.14. The second-order valence-electron chi connectivity index (χ2n) is 6.26. The lowest BCUT2D eigenvalue weighted by Crippen LogP contribution is -2.40. The average Bonchev–Trinajstić information content (AvgIpc) is 3.23. The number of carbonyl (C=O) groups is 2. The Bertz CT molecular complexity index is 824. The van der Waals surface area contributed by atoms with Gasteiger partial charge < -0.3 is 9.67 Å². The number of aliphatic hydroxyl groups excluding tert-OH is 1. The molecular weight excluding hydrogens is 290 g/mol. The summed E-state index contributed by atoms with van der Waals surface area (Å²) in [5.41, 5.74) is 1.54. The molecule has 1 aromatic carbocycles. The third kappa shape index (κ3) is 1.78.